The number of carbonyl (C=O) groups is 1. The number of hydrogen-bond acceptors (Lipinski definition) is 3. The van der Waals surface area contributed by atoms with Gasteiger partial charge in [-0.05, 0) is 53.9 Å². The van der Waals surface area contributed by atoms with Gasteiger partial charge in [0, 0.05) is 11.6 Å². The Labute approximate surface area is 140 Å². The first-order valence-corrected chi connectivity index (χ1v) is 7.27. The first-order chi connectivity index (χ1) is 11.8. The maximum absolute atomic E-state index is 12.2. The molecule has 128 valence electrons. The highest BCUT2D eigenvalue weighted by atomic mass is 19.4. The van der Waals surface area contributed by atoms with Gasteiger partial charge in [0.25, 0.3) is 0 Å². The van der Waals surface area contributed by atoms with Crippen LogP contribution < -0.4 is 4.74 Å². The maximum Gasteiger partial charge on any atom is 0.573 e. The van der Waals surface area contributed by atoms with Crippen LogP contribution in [0.4, 0.5) is 13.2 Å². The van der Waals surface area contributed by atoms with Crippen LogP contribution in [0.3, 0.4) is 0 Å². The second-order valence-corrected chi connectivity index (χ2v) is 5.38. The van der Waals surface area contributed by atoms with Crippen molar-refractivity contribution in [3.8, 4) is 5.75 Å². The molecular formula is C18H12F3NO3. The zero-order valence-corrected chi connectivity index (χ0v) is 12.7. The van der Waals surface area contributed by atoms with E-state index in [9.17, 15) is 18.0 Å². The second kappa shape index (κ2) is 6.43. The molecule has 1 aromatic heterocycles. The van der Waals surface area contributed by atoms with Crippen molar-refractivity contribution in [1.82, 2.24) is 4.98 Å². The van der Waals surface area contributed by atoms with Crippen molar-refractivity contribution in [3.05, 3.63) is 71.4 Å². The number of ether oxygens (including phenoxy) is 1. The Kier molecular flexibility index (Phi) is 4.31. The Balaban J connectivity index is 1.90. The topological polar surface area (TPSA) is 59.4 Å². The highest BCUT2D eigenvalue weighted by Gasteiger charge is 2.30. The Hall–Kier alpha value is -3.09. The number of pyridine rings is 1. The van der Waals surface area contributed by atoms with Crippen molar-refractivity contribution < 1.29 is 27.8 Å². The lowest BCUT2D eigenvalue weighted by atomic mass is 10.00. The predicted octanol–water partition coefficient (Wildman–Crippen LogP) is 4.42. The van der Waals surface area contributed by atoms with Crippen LogP contribution in [0.1, 0.15) is 21.5 Å². The summed E-state index contributed by atoms with van der Waals surface area (Å²) >= 11 is 0. The second-order valence-electron chi connectivity index (χ2n) is 5.38. The summed E-state index contributed by atoms with van der Waals surface area (Å²) in [6.45, 7) is 0. The Morgan fingerprint density at radius 1 is 1.08 bits per heavy atom. The molecule has 3 rings (SSSR count). The number of carboxylic acid groups (broad SMARTS) is 1. The Morgan fingerprint density at radius 2 is 1.80 bits per heavy atom. The molecule has 0 unspecified atom stereocenters. The zero-order chi connectivity index (χ0) is 18.0. The minimum Gasteiger partial charge on any atom is -0.478 e. The number of halogens is 3. The summed E-state index contributed by atoms with van der Waals surface area (Å²) in [6.07, 6.45) is -2.69. The van der Waals surface area contributed by atoms with Crippen LogP contribution in [-0.2, 0) is 6.42 Å². The van der Waals surface area contributed by atoms with Gasteiger partial charge < -0.3 is 9.84 Å². The van der Waals surface area contributed by atoms with Crippen molar-refractivity contribution in [1.29, 1.82) is 0 Å². The number of rotatable bonds is 4. The molecule has 0 fully saturated rings. The molecule has 0 aliphatic rings. The molecule has 0 amide bonds. The normalized spacial score (nSPS) is 11.5. The summed E-state index contributed by atoms with van der Waals surface area (Å²) in [5.41, 5.74) is 2.40. The monoisotopic (exact) mass is 347 g/mol. The van der Waals surface area contributed by atoms with Crippen molar-refractivity contribution in [2.75, 3.05) is 0 Å². The molecule has 25 heavy (non-hydrogen) atoms. The van der Waals surface area contributed by atoms with E-state index >= 15 is 0 Å². The lowest BCUT2D eigenvalue weighted by Gasteiger charge is -2.10. The molecule has 0 saturated carbocycles. The third-order valence-electron chi connectivity index (χ3n) is 3.63. The summed E-state index contributed by atoms with van der Waals surface area (Å²) in [6, 6.07) is 12.0. The van der Waals surface area contributed by atoms with Gasteiger partial charge in [-0.3, -0.25) is 4.98 Å². The number of aromatic carboxylic acids is 1. The van der Waals surface area contributed by atoms with Gasteiger partial charge >= 0.3 is 12.3 Å². The lowest BCUT2D eigenvalue weighted by Crippen LogP contribution is -2.17. The molecule has 0 aliphatic heterocycles. The van der Waals surface area contributed by atoms with E-state index in [-0.39, 0.29) is 11.3 Å². The predicted molar refractivity (Wildman–Crippen MR) is 84.6 cm³/mol. The third kappa shape index (κ3) is 4.06. The first kappa shape index (κ1) is 16.8. The van der Waals surface area contributed by atoms with Crippen LogP contribution in [0.25, 0.3) is 10.9 Å². The average molecular weight is 347 g/mol. The van der Waals surface area contributed by atoms with E-state index in [1.165, 1.54) is 30.3 Å². The first-order valence-electron chi connectivity index (χ1n) is 7.27. The number of hydrogen-bond donors (Lipinski definition) is 1. The molecule has 2 aromatic carbocycles. The average Bonchev–Trinajstić information content (AvgIpc) is 2.55. The molecule has 4 nitrogen and oxygen atoms in total. The van der Waals surface area contributed by atoms with Gasteiger partial charge in [-0.25, -0.2) is 4.79 Å². The van der Waals surface area contributed by atoms with Crippen molar-refractivity contribution in [2.45, 2.75) is 12.8 Å². The lowest BCUT2D eigenvalue weighted by molar-refractivity contribution is -0.274. The molecule has 7 heteroatoms. The molecule has 0 radical (unpaired) electrons. The number of aromatic nitrogens is 1. The number of carboxylic acids is 1. The van der Waals surface area contributed by atoms with E-state index in [0.717, 1.165) is 11.1 Å². The van der Waals surface area contributed by atoms with Gasteiger partial charge in [-0.2, -0.15) is 0 Å². The van der Waals surface area contributed by atoms with Gasteiger partial charge in [-0.1, -0.05) is 12.1 Å². The fourth-order valence-electron chi connectivity index (χ4n) is 2.52. The molecule has 3 aromatic rings. The zero-order valence-electron chi connectivity index (χ0n) is 12.7. The van der Waals surface area contributed by atoms with Crippen molar-refractivity contribution >= 4 is 16.9 Å². The van der Waals surface area contributed by atoms with Gasteiger partial charge in [0.15, 0.2) is 0 Å². The van der Waals surface area contributed by atoms with E-state index in [0.29, 0.717) is 17.3 Å². The third-order valence-corrected chi connectivity index (χ3v) is 3.63. The Bertz CT molecular complexity index is 921. The van der Waals surface area contributed by atoms with Crippen LogP contribution in [0.15, 0.2) is 54.7 Å². The minimum absolute atomic E-state index is 0.149. The largest absolute Gasteiger partial charge is 0.573 e. The summed E-state index contributed by atoms with van der Waals surface area (Å²) in [4.78, 5) is 15.3. The van der Waals surface area contributed by atoms with Gasteiger partial charge in [0.05, 0.1) is 11.1 Å². The van der Waals surface area contributed by atoms with E-state index < -0.39 is 12.3 Å². The molecule has 0 aliphatic carbocycles. The van der Waals surface area contributed by atoms with E-state index in [1.54, 1.807) is 24.4 Å². The number of benzene rings is 2. The number of alkyl halides is 3. The molecular weight excluding hydrogens is 335 g/mol. The number of fused-ring (bicyclic) bond motifs is 1. The van der Waals surface area contributed by atoms with Crippen LogP contribution in [0.5, 0.6) is 5.75 Å². The van der Waals surface area contributed by atoms with Crippen molar-refractivity contribution in [3.63, 3.8) is 0 Å². The summed E-state index contributed by atoms with van der Waals surface area (Å²) in [7, 11) is 0. The van der Waals surface area contributed by atoms with E-state index in [1.807, 2.05) is 0 Å². The molecule has 1 N–H and O–H groups in total. The van der Waals surface area contributed by atoms with E-state index in [2.05, 4.69) is 9.72 Å². The summed E-state index contributed by atoms with van der Waals surface area (Å²) in [5, 5.41) is 9.81. The SMILES string of the molecule is O=C(O)c1ccc2nccc(Cc3ccc(OC(F)(F)F)cc3)c2c1. The number of nitrogens with zero attached hydrogens (tertiary/aromatic N) is 1. The highest BCUT2D eigenvalue weighted by molar-refractivity contribution is 5.94. The Morgan fingerprint density at radius 3 is 2.44 bits per heavy atom. The molecule has 0 spiro atoms. The van der Waals surface area contributed by atoms with Crippen LogP contribution in [0.2, 0.25) is 0 Å². The molecule has 0 saturated heterocycles. The quantitative estimate of drug-likeness (QED) is 0.759. The molecule has 1 heterocycles. The van der Waals surface area contributed by atoms with Crippen molar-refractivity contribution in [2.24, 2.45) is 0 Å². The fourth-order valence-corrected chi connectivity index (χ4v) is 2.52. The summed E-state index contributed by atoms with van der Waals surface area (Å²) in [5.74, 6) is -1.32. The fraction of sp³-hybridized carbons (Fsp3) is 0.111. The maximum atomic E-state index is 12.2. The molecule has 0 atom stereocenters. The minimum atomic E-state index is -4.73. The standard InChI is InChI=1S/C18H12F3NO3/c19-18(20,21)25-14-4-1-11(2-5-14)9-12-7-8-22-16-6-3-13(17(23)24)10-15(12)16/h1-8,10H,9H2,(H,23,24). The van der Waals surface area contributed by atoms with Gasteiger partial charge in [0.2, 0.25) is 0 Å². The van der Waals surface area contributed by atoms with E-state index in [4.69, 9.17) is 5.11 Å². The smallest absolute Gasteiger partial charge is 0.478 e. The van der Waals surface area contributed by atoms with Gasteiger partial charge in [-0.15, -0.1) is 13.2 Å². The summed E-state index contributed by atoms with van der Waals surface area (Å²) < 4.78 is 40.4. The molecule has 0 bridgehead atoms. The van der Waals surface area contributed by atoms with Crippen LogP contribution >= 0.6 is 0 Å². The van der Waals surface area contributed by atoms with Gasteiger partial charge in [0.1, 0.15) is 5.75 Å². The van der Waals surface area contributed by atoms with Crippen LogP contribution in [0, 0.1) is 0 Å². The highest BCUT2D eigenvalue weighted by Crippen LogP contribution is 2.25. The van der Waals surface area contributed by atoms with Crippen LogP contribution in [-0.4, -0.2) is 22.4 Å².